The van der Waals surface area contributed by atoms with Gasteiger partial charge in [0.1, 0.15) is 15.8 Å². The van der Waals surface area contributed by atoms with Crippen molar-refractivity contribution < 1.29 is 14.3 Å². The minimum absolute atomic E-state index is 0.160. The molecule has 2 aliphatic rings. The number of unbranched alkanes of at least 4 members (excludes halogenated alkanes) is 1. The van der Waals surface area contributed by atoms with Crippen LogP contribution in [0.25, 0.3) is 11.7 Å². The van der Waals surface area contributed by atoms with Crippen molar-refractivity contribution in [2.24, 2.45) is 5.92 Å². The number of hydrogen-bond donors (Lipinski definition) is 0. The second-order valence-corrected chi connectivity index (χ2v) is 11.6. The van der Waals surface area contributed by atoms with Gasteiger partial charge in [-0.2, -0.15) is 0 Å². The van der Waals surface area contributed by atoms with E-state index in [4.69, 9.17) is 21.9 Å². The molecule has 0 aliphatic carbocycles. The van der Waals surface area contributed by atoms with E-state index >= 15 is 0 Å². The molecule has 2 amide bonds. The highest BCUT2D eigenvalue weighted by Crippen LogP contribution is 2.35. The molecule has 210 valence electrons. The fourth-order valence-corrected chi connectivity index (χ4v) is 6.15. The van der Waals surface area contributed by atoms with Gasteiger partial charge in [0, 0.05) is 38.9 Å². The molecule has 0 saturated carbocycles. The number of nitrogens with zero attached hydrogens (tertiary/aromatic N) is 5. The van der Waals surface area contributed by atoms with Gasteiger partial charge >= 0.3 is 6.09 Å². The number of carbonyl (C=O) groups excluding carboxylic acids is 2. The number of pyridine rings is 1. The average Bonchev–Trinajstić information content (AvgIpc) is 3.20. The van der Waals surface area contributed by atoms with Crippen LogP contribution in [0.1, 0.15) is 57.6 Å². The Balaban J connectivity index is 1.68. The Morgan fingerprint density at radius 2 is 1.92 bits per heavy atom. The normalized spacial score (nSPS) is 17.9. The largest absolute Gasteiger partial charge is 0.450 e. The van der Waals surface area contributed by atoms with Gasteiger partial charge in [-0.15, -0.1) is 0 Å². The first kappa shape index (κ1) is 29.1. The number of hydrogen-bond acceptors (Lipinski definition) is 8. The number of aromatic nitrogens is 2. The first-order valence-corrected chi connectivity index (χ1v) is 14.9. The van der Waals surface area contributed by atoms with Crippen LogP contribution in [0.5, 0.6) is 0 Å². The number of fused-ring (bicyclic) bond motifs is 1. The molecule has 2 fully saturated rings. The smallest absolute Gasteiger partial charge is 0.409 e. The monoisotopic (exact) mass is 571 g/mol. The summed E-state index contributed by atoms with van der Waals surface area (Å²) in [5, 5.41) is 0. The molecule has 2 aliphatic heterocycles. The van der Waals surface area contributed by atoms with E-state index in [1.807, 2.05) is 24.0 Å². The van der Waals surface area contributed by atoms with Gasteiger partial charge in [0.2, 0.25) is 0 Å². The molecule has 1 atom stereocenters. The van der Waals surface area contributed by atoms with Gasteiger partial charge in [0.15, 0.2) is 0 Å². The number of ether oxygens (including phenoxy) is 1. The number of anilines is 1. The maximum absolute atomic E-state index is 13.8. The first-order valence-electron chi connectivity index (χ1n) is 13.7. The summed E-state index contributed by atoms with van der Waals surface area (Å²) in [5.74, 6) is 0.729. The van der Waals surface area contributed by atoms with Crippen LogP contribution < -0.4 is 10.5 Å². The molecule has 0 N–H and O–H groups in total. The molecule has 9 nitrogen and oxygen atoms in total. The van der Waals surface area contributed by atoms with Crippen LogP contribution in [0.15, 0.2) is 28.0 Å². The lowest BCUT2D eigenvalue weighted by atomic mass is 9.99. The van der Waals surface area contributed by atoms with Crippen molar-refractivity contribution in [2.75, 3.05) is 44.2 Å². The number of rotatable bonds is 9. The minimum Gasteiger partial charge on any atom is -0.450 e. The summed E-state index contributed by atoms with van der Waals surface area (Å²) in [6, 6.07) is 3.73. The van der Waals surface area contributed by atoms with Crippen molar-refractivity contribution in [3.8, 4) is 0 Å². The summed E-state index contributed by atoms with van der Waals surface area (Å²) in [5.41, 5.74) is 1.56. The predicted molar refractivity (Wildman–Crippen MR) is 160 cm³/mol. The van der Waals surface area contributed by atoms with Crippen LogP contribution in [0.4, 0.5) is 10.6 Å². The van der Waals surface area contributed by atoms with E-state index in [1.54, 1.807) is 29.0 Å². The number of aryl methyl sites for hydroxylation is 1. The Labute approximate surface area is 239 Å². The van der Waals surface area contributed by atoms with Gasteiger partial charge in [0.25, 0.3) is 11.5 Å². The minimum atomic E-state index is -0.340. The van der Waals surface area contributed by atoms with Gasteiger partial charge in [-0.3, -0.25) is 18.9 Å². The summed E-state index contributed by atoms with van der Waals surface area (Å²) in [6.07, 6.45) is 7.35. The Kier molecular flexibility index (Phi) is 9.66. The van der Waals surface area contributed by atoms with Crippen molar-refractivity contribution >= 4 is 57.8 Å². The molecule has 2 aromatic heterocycles. The Hall–Kier alpha value is -2.92. The fourth-order valence-electron chi connectivity index (χ4n) is 4.89. The van der Waals surface area contributed by atoms with Crippen molar-refractivity contribution in [3.63, 3.8) is 0 Å². The van der Waals surface area contributed by atoms with E-state index in [0.29, 0.717) is 71.5 Å². The highest BCUT2D eigenvalue weighted by molar-refractivity contribution is 8.26. The molecule has 1 unspecified atom stereocenters. The van der Waals surface area contributed by atoms with Gasteiger partial charge in [-0.05, 0) is 43.9 Å². The van der Waals surface area contributed by atoms with E-state index in [2.05, 4.69) is 13.8 Å². The molecule has 2 saturated heterocycles. The van der Waals surface area contributed by atoms with E-state index in [-0.39, 0.29) is 17.6 Å². The third-order valence-electron chi connectivity index (χ3n) is 7.22. The maximum Gasteiger partial charge on any atom is 0.409 e. The number of amides is 2. The fraction of sp³-hybridized carbons (Fsp3) is 0.536. The van der Waals surface area contributed by atoms with Crippen molar-refractivity contribution in [1.29, 1.82) is 0 Å². The summed E-state index contributed by atoms with van der Waals surface area (Å²) in [4.78, 5) is 50.1. The van der Waals surface area contributed by atoms with E-state index < -0.39 is 0 Å². The lowest BCUT2D eigenvalue weighted by molar-refractivity contribution is -0.122. The Morgan fingerprint density at radius 3 is 2.59 bits per heavy atom. The molecule has 0 radical (unpaired) electrons. The summed E-state index contributed by atoms with van der Waals surface area (Å²) >= 11 is 6.84. The SMILES string of the molecule is CCCCC(CC)CN1C(=O)/C(=C\c2c(N3CCN(C(=O)OCC)CC3)nc3ccc(C)cn3c2=O)SC1=S. The van der Waals surface area contributed by atoms with Gasteiger partial charge in [0.05, 0.1) is 17.1 Å². The molecule has 0 aromatic carbocycles. The zero-order chi connectivity index (χ0) is 28.1. The average molecular weight is 572 g/mol. The number of carbonyl (C=O) groups is 2. The van der Waals surface area contributed by atoms with E-state index in [0.717, 1.165) is 31.2 Å². The molecular formula is C28H37N5O4S2. The third-order valence-corrected chi connectivity index (χ3v) is 8.60. The van der Waals surface area contributed by atoms with E-state index in [9.17, 15) is 14.4 Å². The van der Waals surface area contributed by atoms with Gasteiger partial charge in [-0.1, -0.05) is 63.2 Å². The van der Waals surface area contributed by atoms with Gasteiger partial charge in [-0.25, -0.2) is 9.78 Å². The standard InChI is InChI=1S/C28H37N5O4S2/c1-5-8-9-20(6-2)18-33-26(35)22(39-28(33)38)16-21-24(29-23-11-10-19(4)17-32(23)25(21)34)30-12-14-31(15-13-30)27(36)37-7-3/h10-11,16-17,20H,5-9,12-15,18H2,1-4H3/b22-16+. The molecule has 0 spiro atoms. The van der Waals surface area contributed by atoms with Crippen molar-refractivity contribution in [1.82, 2.24) is 19.2 Å². The Morgan fingerprint density at radius 1 is 1.18 bits per heavy atom. The lowest BCUT2D eigenvalue weighted by Gasteiger charge is -2.35. The molecule has 4 heterocycles. The zero-order valence-corrected chi connectivity index (χ0v) is 24.8. The highest BCUT2D eigenvalue weighted by Gasteiger charge is 2.34. The summed E-state index contributed by atoms with van der Waals surface area (Å²) < 4.78 is 7.19. The topological polar surface area (TPSA) is 87.5 Å². The van der Waals surface area contributed by atoms with Crippen LogP contribution in [0.3, 0.4) is 0 Å². The maximum atomic E-state index is 13.8. The van der Waals surface area contributed by atoms with Crippen LogP contribution in [0, 0.1) is 12.8 Å². The number of piperazine rings is 1. The van der Waals surface area contributed by atoms with Gasteiger partial charge < -0.3 is 14.5 Å². The van der Waals surface area contributed by atoms with Crippen LogP contribution in [0.2, 0.25) is 0 Å². The lowest BCUT2D eigenvalue weighted by Crippen LogP contribution is -2.49. The van der Waals surface area contributed by atoms with Crippen LogP contribution in [-0.2, 0) is 9.53 Å². The molecule has 11 heteroatoms. The zero-order valence-electron chi connectivity index (χ0n) is 23.1. The third kappa shape index (κ3) is 6.46. The van der Waals surface area contributed by atoms with E-state index in [1.165, 1.54) is 16.2 Å². The molecule has 4 rings (SSSR count). The molecule has 0 bridgehead atoms. The molecule has 2 aromatic rings. The van der Waals surface area contributed by atoms with Crippen molar-refractivity contribution in [3.05, 3.63) is 44.7 Å². The van der Waals surface area contributed by atoms with Crippen molar-refractivity contribution in [2.45, 2.75) is 53.4 Å². The first-order chi connectivity index (χ1) is 18.8. The molecule has 39 heavy (non-hydrogen) atoms. The highest BCUT2D eigenvalue weighted by atomic mass is 32.2. The molecular weight excluding hydrogens is 534 g/mol. The second kappa shape index (κ2) is 13.0. The predicted octanol–water partition coefficient (Wildman–Crippen LogP) is 4.70. The van der Waals surface area contributed by atoms with Crippen LogP contribution >= 0.6 is 24.0 Å². The number of thiocarbonyl (C=S) groups is 1. The Bertz CT molecular complexity index is 1330. The second-order valence-electron chi connectivity index (χ2n) is 9.97. The summed E-state index contributed by atoms with van der Waals surface area (Å²) in [6.45, 7) is 10.8. The summed E-state index contributed by atoms with van der Waals surface area (Å²) in [7, 11) is 0. The quantitative estimate of drug-likeness (QED) is 0.316. The number of thioether (sulfide) groups is 1. The van der Waals surface area contributed by atoms with Crippen LogP contribution in [-0.4, -0.2) is 74.8 Å².